The summed E-state index contributed by atoms with van der Waals surface area (Å²) < 4.78 is 6.69. The standard InChI is InChI=1S/C25H24N8O2/c26-13-18(17-3-1-2-4-17)15-33-16-19(14-28-33)22-9-11-27-25(32-22)31-21-7-5-20(6-8-21)30-24(34)23-10-12-29-35-23/h5-12,14,16-18H,1-4,15H2,(H,30,34)(H,27,31,32). The van der Waals surface area contributed by atoms with Crippen molar-refractivity contribution in [1.82, 2.24) is 24.9 Å². The smallest absolute Gasteiger partial charge is 0.294 e. The van der Waals surface area contributed by atoms with E-state index in [1.54, 1.807) is 24.5 Å². The quantitative estimate of drug-likeness (QED) is 0.381. The molecule has 1 saturated carbocycles. The normalized spacial score (nSPS) is 14.4. The molecule has 4 aromatic rings. The van der Waals surface area contributed by atoms with E-state index in [2.05, 4.69) is 36.9 Å². The first-order valence-electron chi connectivity index (χ1n) is 11.5. The van der Waals surface area contributed by atoms with Gasteiger partial charge >= 0.3 is 0 Å². The zero-order valence-electron chi connectivity index (χ0n) is 19.0. The Morgan fingerprint density at radius 2 is 1.94 bits per heavy atom. The Morgan fingerprint density at radius 1 is 1.14 bits per heavy atom. The van der Waals surface area contributed by atoms with Crippen molar-refractivity contribution in [2.24, 2.45) is 11.8 Å². The molecule has 3 heterocycles. The molecule has 10 heteroatoms. The van der Waals surface area contributed by atoms with Gasteiger partial charge < -0.3 is 15.2 Å². The number of nitrogens with zero attached hydrogens (tertiary/aromatic N) is 6. The number of aromatic nitrogens is 5. The van der Waals surface area contributed by atoms with Crippen molar-refractivity contribution in [3.05, 3.63) is 66.9 Å². The van der Waals surface area contributed by atoms with Crippen molar-refractivity contribution in [1.29, 1.82) is 5.26 Å². The SMILES string of the molecule is N#CC(Cn1cc(-c2ccnc(Nc3ccc(NC(=O)c4ccno4)cc3)n2)cn1)C1CCCC1. The van der Waals surface area contributed by atoms with Crippen molar-refractivity contribution < 1.29 is 9.32 Å². The molecule has 10 nitrogen and oxygen atoms in total. The van der Waals surface area contributed by atoms with Gasteiger partial charge in [0, 0.05) is 35.4 Å². The predicted octanol–water partition coefficient (Wildman–Crippen LogP) is 4.65. The molecule has 35 heavy (non-hydrogen) atoms. The molecule has 1 aliphatic rings. The lowest BCUT2D eigenvalue weighted by molar-refractivity contribution is 0.0988. The summed E-state index contributed by atoms with van der Waals surface area (Å²) >= 11 is 0. The van der Waals surface area contributed by atoms with Crippen LogP contribution in [0.5, 0.6) is 0 Å². The first kappa shape index (κ1) is 22.3. The molecule has 176 valence electrons. The third-order valence-electron chi connectivity index (χ3n) is 6.16. The Kier molecular flexibility index (Phi) is 6.48. The summed E-state index contributed by atoms with van der Waals surface area (Å²) in [6.07, 6.45) is 11.5. The monoisotopic (exact) mass is 468 g/mol. The number of hydrogen-bond acceptors (Lipinski definition) is 8. The number of hydrogen-bond donors (Lipinski definition) is 2. The van der Waals surface area contributed by atoms with Crippen LogP contribution < -0.4 is 10.6 Å². The molecule has 1 fully saturated rings. The maximum absolute atomic E-state index is 12.1. The lowest BCUT2D eigenvalue weighted by atomic mass is 9.92. The Labute approximate surface area is 202 Å². The van der Waals surface area contributed by atoms with Gasteiger partial charge in [0.2, 0.25) is 11.7 Å². The molecule has 2 N–H and O–H groups in total. The van der Waals surface area contributed by atoms with Crippen molar-refractivity contribution in [3.63, 3.8) is 0 Å². The molecule has 0 saturated heterocycles. The Balaban J connectivity index is 1.22. The van der Waals surface area contributed by atoms with Crippen LogP contribution >= 0.6 is 0 Å². The highest BCUT2D eigenvalue weighted by Gasteiger charge is 2.25. The van der Waals surface area contributed by atoms with E-state index >= 15 is 0 Å². The van der Waals surface area contributed by atoms with Crippen molar-refractivity contribution >= 4 is 23.2 Å². The van der Waals surface area contributed by atoms with Crippen LogP contribution in [0.4, 0.5) is 17.3 Å². The molecule has 5 rings (SSSR count). The minimum absolute atomic E-state index is 0.0172. The molecule has 1 unspecified atom stereocenters. The van der Waals surface area contributed by atoms with Gasteiger partial charge in [-0.25, -0.2) is 9.97 Å². The van der Waals surface area contributed by atoms with Gasteiger partial charge in [-0.2, -0.15) is 10.4 Å². The molecule has 1 amide bonds. The van der Waals surface area contributed by atoms with Crippen LogP contribution in [0.3, 0.4) is 0 Å². The molecular formula is C25H24N8O2. The van der Waals surface area contributed by atoms with Gasteiger partial charge in [0.1, 0.15) is 0 Å². The van der Waals surface area contributed by atoms with E-state index in [4.69, 9.17) is 4.52 Å². The van der Waals surface area contributed by atoms with Crippen LogP contribution in [-0.2, 0) is 6.54 Å². The van der Waals surface area contributed by atoms with Crippen molar-refractivity contribution in [3.8, 4) is 17.3 Å². The lowest BCUT2D eigenvalue weighted by Gasteiger charge is -2.15. The van der Waals surface area contributed by atoms with Gasteiger partial charge in [-0.3, -0.25) is 9.48 Å². The van der Waals surface area contributed by atoms with Gasteiger partial charge in [0.15, 0.2) is 0 Å². The second kappa shape index (κ2) is 10.2. The van der Waals surface area contributed by atoms with Crippen LogP contribution in [0.25, 0.3) is 11.3 Å². The van der Waals surface area contributed by atoms with E-state index in [1.165, 1.54) is 25.1 Å². The van der Waals surface area contributed by atoms with Gasteiger partial charge in [0.05, 0.1) is 36.6 Å². The first-order valence-corrected chi connectivity index (χ1v) is 11.5. The number of nitriles is 1. The number of nitrogens with one attached hydrogen (secondary N) is 2. The molecule has 1 aliphatic carbocycles. The number of rotatable bonds is 8. The fourth-order valence-corrected chi connectivity index (χ4v) is 4.32. The summed E-state index contributed by atoms with van der Waals surface area (Å²) in [5.74, 6) is 0.654. The van der Waals surface area contributed by atoms with Gasteiger partial charge in [-0.15, -0.1) is 0 Å². The van der Waals surface area contributed by atoms with E-state index < -0.39 is 0 Å². The highest BCUT2D eigenvalue weighted by Crippen LogP contribution is 2.32. The number of carbonyl (C=O) groups excluding carboxylic acids is 1. The highest BCUT2D eigenvalue weighted by molar-refractivity contribution is 6.02. The molecule has 0 bridgehead atoms. The zero-order valence-corrected chi connectivity index (χ0v) is 19.0. The fourth-order valence-electron chi connectivity index (χ4n) is 4.32. The summed E-state index contributed by atoms with van der Waals surface area (Å²) in [6.45, 7) is 0.594. The Morgan fingerprint density at radius 3 is 2.69 bits per heavy atom. The summed E-state index contributed by atoms with van der Waals surface area (Å²) in [5, 5.41) is 23.5. The molecule has 0 aliphatic heterocycles. The molecule has 1 atom stereocenters. The molecule has 3 aromatic heterocycles. The summed E-state index contributed by atoms with van der Waals surface area (Å²) in [6, 6.07) is 13.0. The molecule has 1 aromatic carbocycles. The van der Waals surface area contributed by atoms with E-state index in [0.717, 1.165) is 29.8 Å². The maximum atomic E-state index is 12.1. The van der Waals surface area contributed by atoms with Crippen molar-refractivity contribution in [2.45, 2.75) is 32.2 Å². The average Bonchev–Trinajstić information content (AvgIpc) is 3.67. The first-order chi connectivity index (χ1) is 17.2. The Hall–Kier alpha value is -4.52. The highest BCUT2D eigenvalue weighted by atomic mass is 16.5. The third-order valence-corrected chi connectivity index (χ3v) is 6.16. The second-order valence-corrected chi connectivity index (χ2v) is 8.53. The van der Waals surface area contributed by atoms with E-state index in [-0.39, 0.29) is 17.6 Å². The van der Waals surface area contributed by atoms with Crippen LogP contribution in [0.1, 0.15) is 36.2 Å². The van der Waals surface area contributed by atoms with Crippen LogP contribution in [0.15, 0.2) is 65.7 Å². The number of benzene rings is 1. The number of carbonyl (C=O) groups is 1. The molecule has 0 radical (unpaired) electrons. The van der Waals surface area contributed by atoms with Gasteiger partial charge in [-0.05, 0) is 49.1 Å². The zero-order chi connectivity index (χ0) is 24.0. The summed E-state index contributed by atoms with van der Waals surface area (Å²) in [7, 11) is 0. The third kappa shape index (κ3) is 5.35. The lowest BCUT2D eigenvalue weighted by Crippen LogP contribution is -2.17. The minimum atomic E-state index is -0.371. The second-order valence-electron chi connectivity index (χ2n) is 8.53. The van der Waals surface area contributed by atoms with Crippen LogP contribution in [0, 0.1) is 23.2 Å². The van der Waals surface area contributed by atoms with Gasteiger partial charge in [0.25, 0.3) is 5.91 Å². The minimum Gasteiger partial charge on any atom is -0.351 e. The predicted molar refractivity (Wildman–Crippen MR) is 128 cm³/mol. The Bertz CT molecular complexity index is 1320. The fraction of sp³-hybridized carbons (Fsp3) is 0.280. The van der Waals surface area contributed by atoms with E-state index in [9.17, 15) is 10.1 Å². The topological polar surface area (TPSA) is 135 Å². The van der Waals surface area contributed by atoms with E-state index in [0.29, 0.717) is 24.1 Å². The van der Waals surface area contributed by atoms with Crippen LogP contribution in [0.2, 0.25) is 0 Å². The molecule has 0 spiro atoms. The summed E-state index contributed by atoms with van der Waals surface area (Å²) in [5.41, 5.74) is 2.99. The maximum Gasteiger partial charge on any atom is 0.294 e. The van der Waals surface area contributed by atoms with Crippen LogP contribution in [-0.4, -0.2) is 30.8 Å². The summed E-state index contributed by atoms with van der Waals surface area (Å²) in [4.78, 5) is 21.0. The van der Waals surface area contributed by atoms with E-state index in [1.807, 2.05) is 29.1 Å². The average molecular weight is 469 g/mol. The largest absolute Gasteiger partial charge is 0.351 e. The molecular weight excluding hydrogens is 444 g/mol. The van der Waals surface area contributed by atoms with Crippen molar-refractivity contribution in [2.75, 3.05) is 10.6 Å². The number of amides is 1. The number of anilines is 3. The van der Waals surface area contributed by atoms with Gasteiger partial charge in [-0.1, -0.05) is 18.0 Å².